The van der Waals surface area contributed by atoms with Crippen molar-refractivity contribution >= 4 is 22.7 Å². The second-order valence-electron chi connectivity index (χ2n) is 6.33. The SMILES string of the molecule is O=C(Nc1nc(-c2ccccc2)ns1)N(C[C@H]1CCOC1)C1CC1. The lowest BCUT2D eigenvalue weighted by molar-refractivity contribution is 0.167. The lowest BCUT2D eigenvalue weighted by atomic mass is 10.1. The number of aromatic nitrogens is 2. The van der Waals surface area contributed by atoms with Crippen molar-refractivity contribution in [3.05, 3.63) is 30.3 Å². The highest BCUT2D eigenvalue weighted by molar-refractivity contribution is 7.10. The summed E-state index contributed by atoms with van der Waals surface area (Å²) in [6.45, 7) is 2.33. The van der Waals surface area contributed by atoms with Gasteiger partial charge in [-0.3, -0.25) is 5.32 Å². The molecule has 2 aliphatic rings. The first kappa shape index (κ1) is 15.5. The summed E-state index contributed by atoms with van der Waals surface area (Å²) >= 11 is 1.22. The zero-order valence-corrected chi connectivity index (χ0v) is 14.2. The summed E-state index contributed by atoms with van der Waals surface area (Å²) in [5, 5.41) is 3.47. The Balaban J connectivity index is 1.42. The van der Waals surface area contributed by atoms with Gasteiger partial charge in [0, 0.05) is 42.2 Å². The van der Waals surface area contributed by atoms with Crippen molar-refractivity contribution < 1.29 is 9.53 Å². The van der Waals surface area contributed by atoms with Gasteiger partial charge in [0.05, 0.1) is 6.61 Å². The van der Waals surface area contributed by atoms with Crippen molar-refractivity contribution in [1.82, 2.24) is 14.3 Å². The summed E-state index contributed by atoms with van der Waals surface area (Å²) < 4.78 is 9.77. The van der Waals surface area contributed by atoms with Crippen LogP contribution < -0.4 is 5.32 Å². The van der Waals surface area contributed by atoms with Gasteiger partial charge in [-0.2, -0.15) is 9.36 Å². The van der Waals surface area contributed by atoms with Gasteiger partial charge in [-0.25, -0.2) is 4.79 Å². The minimum absolute atomic E-state index is 0.0693. The molecular weight excluding hydrogens is 324 g/mol. The normalized spacial score (nSPS) is 20.1. The van der Waals surface area contributed by atoms with E-state index in [1.165, 1.54) is 11.5 Å². The van der Waals surface area contributed by atoms with Gasteiger partial charge in [0.1, 0.15) is 0 Å². The molecule has 4 rings (SSSR count). The van der Waals surface area contributed by atoms with Crippen LogP contribution in [0.15, 0.2) is 30.3 Å². The highest BCUT2D eigenvalue weighted by Gasteiger charge is 2.35. The van der Waals surface area contributed by atoms with Gasteiger partial charge in [-0.1, -0.05) is 30.3 Å². The molecule has 1 aliphatic carbocycles. The Morgan fingerprint density at radius 1 is 1.29 bits per heavy atom. The summed E-state index contributed by atoms with van der Waals surface area (Å²) in [7, 11) is 0. The van der Waals surface area contributed by atoms with Crippen LogP contribution in [-0.4, -0.2) is 46.1 Å². The number of ether oxygens (including phenoxy) is 1. The molecule has 0 spiro atoms. The molecule has 6 nitrogen and oxygen atoms in total. The molecule has 126 valence electrons. The number of hydrogen-bond donors (Lipinski definition) is 1. The van der Waals surface area contributed by atoms with Crippen LogP contribution in [0.3, 0.4) is 0 Å². The second-order valence-corrected chi connectivity index (χ2v) is 7.08. The largest absolute Gasteiger partial charge is 0.381 e. The van der Waals surface area contributed by atoms with Gasteiger partial charge in [0.25, 0.3) is 0 Å². The molecule has 0 bridgehead atoms. The Bertz CT molecular complexity index is 696. The van der Waals surface area contributed by atoms with E-state index in [0.717, 1.165) is 44.6 Å². The maximum absolute atomic E-state index is 12.6. The molecule has 2 amide bonds. The van der Waals surface area contributed by atoms with E-state index in [9.17, 15) is 4.79 Å². The number of benzene rings is 1. The minimum atomic E-state index is -0.0693. The number of anilines is 1. The molecule has 1 atom stereocenters. The summed E-state index contributed by atoms with van der Waals surface area (Å²) in [5.74, 6) is 1.10. The highest BCUT2D eigenvalue weighted by atomic mass is 32.1. The number of amides is 2. The summed E-state index contributed by atoms with van der Waals surface area (Å²) in [6.07, 6.45) is 3.21. The molecule has 1 N–H and O–H groups in total. The first-order valence-corrected chi connectivity index (χ1v) is 9.11. The van der Waals surface area contributed by atoms with E-state index >= 15 is 0 Å². The highest BCUT2D eigenvalue weighted by Crippen LogP contribution is 2.30. The second kappa shape index (κ2) is 6.86. The number of hydrogen-bond acceptors (Lipinski definition) is 5. The molecule has 2 fully saturated rings. The summed E-state index contributed by atoms with van der Waals surface area (Å²) in [6, 6.07) is 10.1. The zero-order valence-electron chi connectivity index (χ0n) is 13.4. The predicted molar refractivity (Wildman–Crippen MR) is 93.0 cm³/mol. The van der Waals surface area contributed by atoms with Crippen LogP contribution in [0.1, 0.15) is 19.3 Å². The van der Waals surface area contributed by atoms with Crippen LogP contribution in [-0.2, 0) is 4.74 Å². The quantitative estimate of drug-likeness (QED) is 0.904. The molecule has 0 radical (unpaired) electrons. The lowest BCUT2D eigenvalue weighted by Gasteiger charge is -2.24. The van der Waals surface area contributed by atoms with Gasteiger partial charge in [-0.05, 0) is 19.3 Å². The molecule has 1 aromatic carbocycles. The first-order chi connectivity index (χ1) is 11.8. The molecule has 1 saturated heterocycles. The Morgan fingerprint density at radius 3 is 2.83 bits per heavy atom. The van der Waals surface area contributed by atoms with E-state index in [2.05, 4.69) is 14.7 Å². The lowest BCUT2D eigenvalue weighted by Crippen LogP contribution is -2.40. The van der Waals surface area contributed by atoms with E-state index in [-0.39, 0.29) is 6.03 Å². The molecule has 1 saturated carbocycles. The van der Waals surface area contributed by atoms with E-state index in [4.69, 9.17) is 4.74 Å². The molecule has 1 aromatic heterocycles. The smallest absolute Gasteiger partial charge is 0.323 e. The van der Waals surface area contributed by atoms with Crippen LogP contribution in [0.5, 0.6) is 0 Å². The van der Waals surface area contributed by atoms with Crippen LogP contribution in [0, 0.1) is 5.92 Å². The van der Waals surface area contributed by atoms with E-state index in [1.807, 2.05) is 35.2 Å². The number of urea groups is 1. The van der Waals surface area contributed by atoms with Crippen molar-refractivity contribution in [3.8, 4) is 11.4 Å². The van der Waals surface area contributed by atoms with Crippen molar-refractivity contribution in [2.75, 3.05) is 25.1 Å². The molecule has 1 aliphatic heterocycles. The maximum Gasteiger partial charge on any atom is 0.323 e. The molecule has 24 heavy (non-hydrogen) atoms. The average Bonchev–Trinajstić information content (AvgIpc) is 3.11. The third-order valence-electron chi connectivity index (χ3n) is 4.40. The van der Waals surface area contributed by atoms with Gasteiger partial charge < -0.3 is 9.64 Å². The number of carbonyl (C=O) groups is 1. The monoisotopic (exact) mass is 344 g/mol. The number of nitrogens with one attached hydrogen (secondary N) is 1. The van der Waals surface area contributed by atoms with Crippen LogP contribution in [0.2, 0.25) is 0 Å². The van der Waals surface area contributed by atoms with Gasteiger partial charge >= 0.3 is 6.03 Å². The maximum atomic E-state index is 12.6. The van der Waals surface area contributed by atoms with Gasteiger partial charge in [0.2, 0.25) is 5.13 Å². The third-order valence-corrected chi connectivity index (χ3v) is 5.03. The van der Waals surface area contributed by atoms with Gasteiger partial charge in [0.15, 0.2) is 5.82 Å². The number of rotatable bonds is 5. The fraction of sp³-hybridized carbons (Fsp3) is 0.471. The predicted octanol–water partition coefficient (Wildman–Crippen LogP) is 3.24. The number of nitrogens with zero attached hydrogens (tertiary/aromatic N) is 3. The summed E-state index contributed by atoms with van der Waals surface area (Å²) in [4.78, 5) is 19.0. The van der Waals surface area contributed by atoms with Crippen LogP contribution in [0.25, 0.3) is 11.4 Å². The molecule has 2 aromatic rings. The topological polar surface area (TPSA) is 67.4 Å². The summed E-state index contributed by atoms with van der Waals surface area (Å²) in [5.41, 5.74) is 0.955. The first-order valence-electron chi connectivity index (χ1n) is 8.34. The third kappa shape index (κ3) is 3.57. The Hall–Kier alpha value is -1.99. The van der Waals surface area contributed by atoms with E-state index in [0.29, 0.717) is 22.9 Å². The average molecular weight is 344 g/mol. The Morgan fingerprint density at radius 2 is 2.12 bits per heavy atom. The van der Waals surface area contributed by atoms with Crippen molar-refractivity contribution in [2.24, 2.45) is 5.92 Å². The van der Waals surface area contributed by atoms with E-state index < -0.39 is 0 Å². The fourth-order valence-corrected chi connectivity index (χ4v) is 3.51. The Labute approximate surface area is 145 Å². The fourth-order valence-electron chi connectivity index (χ4n) is 2.93. The van der Waals surface area contributed by atoms with Crippen molar-refractivity contribution in [1.29, 1.82) is 0 Å². The van der Waals surface area contributed by atoms with Crippen LogP contribution in [0.4, 0.5) is 9.93 Å². The zero-order chi connectivity index (χ0) is 16.4. The molecule has 2 heterocycles. The number of carbonyl (C=O) groups excluding carboxylic acids is 1. The van der Waals surface area contributed by atoms with Crippen molar-refractivity contribution in [2.45, 2.75) is 25.3 Å². The molecule has 0 unspecified atom stereocenters. The van der Waals surface area contributed by atoms with Gasteiger partial charge in [-0.15, -0.1) is 0 Å². The van der Waals surface area contributed by atoms with E-state index in [1.54, 1.807) is 0 Å². The van der Waals surface area contributed by atoms with Crippen LogP contribution >= 0.6 is 11.5 Å². The molecular formula is C17H20N4O2S. The molecule has 7 heteroatoms. The van der Waals surface area contributed by atoms with Crippen molar-refractivity contribution in [3.63, 3.8) is 0 Å². The Kier molecular flexibility index (Phi) is 4.44. The standard InChI is InChI=1S/C17H20N4O2S/c22-17(21(14-6-7-14)10-12-8-9-23-11-12)19-16-18-15(20-24-16)13-4-2-1-3-5-13/h1-5,12,14H,6-11H2,(H,18,19,20,22)/t12-/m1/s1. The minimum Gasteiger partial charge on any atom is -0.381 e.